The molecule has 0 radical (unpaired) electrons. The highest BCUT2D eigenvalue weighted by atomic mass is 16.5. The van der Waals surface area contributed by atoms with E-state index in [0.29, 0.717) is 18.9 Å². The molecule has 0 spiro atoms. The van der Waals surface area contributed by atoms with Gasteiger partial charge in [-0.25, -0.2) is 4.79 Å². The van der Waals surface area contributed by atoms with Crippen molar-refractivity contribution in [3.63, 3.8) is 0 Å². The van der Waals surface area contributed by atoms with Gasteiger partial charge >= 0.3 is 12.1 Å². The number of hydrogen-bond donors (Lipinski definition) is 0. The molecule has 0 atom stereocenters. The lowest BCUT2D eigenvalue weighted by atomic mass is 9.99. The Balaban J connectivity index is 1.92. The minimum absolute atomic E-state index is 0.235. The molecular weight excluding hydrogens is 382 g/mol. The van der Waals surface area contributed by atoms with Gasteiger partial charge in [0.1, 0.15) is 6.54 Å². The average molecular weight is 411 g/mol. The van der Waals surface area contributed by atoms with E-state index in [-0.39, 0.29) is 6.54 Å². The molecule has 0 bridgehead atoms. The Morgan fingerprint density at radius 3 is 2.33 bits per heavy atom. The van der Waals surface area contributed by atoms with Crippen molar-refractivity contribution in [1.29, 1.82) is 0 Å². The van der Waals surface area contributed by atoms with Gasteiger partial charge in [0, 0.05) is 12.2 Å². The van der Waals surface area contributed by atoms with Crippen LogP contribution in [-0.4, -0.2) is 39.4 Å². The first-order valence-electron chi connectivity index (χ1n) is 9.88. The molecule has 0 aliphatic rings. The zero-order valence-electron chi connectivity index (χ0n) is 17.6. The van der Waals surface area contributed by atoms with Crippen LogP contribution in [0.2, 0.25) is 0 Å². The van der Waals surface area contributed by atoms with E-state index in [4.69, 9.17) is 14.2 Å². The van der Waals surface area contributed by atoms with Gasteiger partial charge in [0.05, 0.1) is 26.5 Å². The molecule has 6 nitrogen and oxygen atoms in total. The van der Waals surface area contributed by atoms with Gasteiger partial charge in [-0.05, 0) is 36.5 Å². The van der Waals surface area contributed by atoms with E-state index < -0.39 is 12.1 Å². The molecule has 0 aromatic heterocycles. The topological polar surface area (TPSA) is 65.1 Å². The van der Waals surface area contributed by atoms with Crippen LogP contribution < -0.4 is 4.90 Å². The van der Waals surface area contributed by atoms with Gasteiger partial charge in [0.2, 0.25) is 0 Å². The number of para-hydroxylation sites is 1. The Hall–Kier alpha value is -3.12. The number of esters is 1. The van der Waals surface area contributed by atoms with E-state index in [1.807, 2.05) is 42.5 Å². The van der Waals surface area contributed by atoms with Gasteiger partial charge in [-0.15, -0.1) is 0 Å². The quantitative estimate of drug-likeness (QED) is 0.391. The van der Waals surface area contributed by atoms with Crippen molar-refractivity contribution in [2.24, 2.45) is 0 Å². The molecule has 0 heterocycles. The summed E-state index contributed by atoms with van der Waals surface area (Å²) in [7, 11) is 2.56. The third-order valence-electron chi connectivity index (χ3n) is 4.61. The summed E-state index contributed by atoms with van der Waals surface area (Å²) in [6.07, 6.45) is 1.92. The van der Waals surface area contributed by atoms with Gasteiger partial charge in [-0.2, -0.15) is 0 Å². The zero-order chi connectivity index (χ0) is 21.8. The van der Waals surface area contributed by atoms with E-state index in [2.05, 4.69) is 6.58 Å². The van der Waals surface area contributed by atoms with Crippen molar-refractivity contribution in [3.05, 3.63) is 72.3 Å². The predicted octanol–water partition coefficient (Wildman–Crippen LogP) is 4.83. The predicted molar refractivity (Wildman–Crippen MR) is 117 cm³/mol. The molecule has 0 saturated heterocycles. The molecule has 0 aliphatic carbocycles. The van der Waals surface area contributed by atoms with Crippen LogP contribution in [0.15, 0.2) is 61.2 Å². The molecule has 2 aromatic carbocycles. The number of amides is 1. The number of ether oxygens (including phenoxy) is 3. The second-order valence-corrected chi connectivity index (χ2v) is 6.75. The number of methoxy groups -OCH3 is 2. The number of carbonyl (C=O) groups excluding carboxylic acids is 2. The lowest BCUT2D eigenvalue weighted by Gasteiger charge is -2.23. The minimum atomic E-state index is -0.630. The molecule has 6 heteroatoms. The monoisotopic (exact) mass is 411 g/mol. The van der Waals surface area contributed by atoms with Crippen molar-refractivity contribution < 1.29 is 23.8 Å². The highest BCUT2D eigenvalue weighted by Crippen LogP contribution is 2.29. The smallest absolute Gasteiger partial charge is 0.414 e. The van der Waals surface area contributed by atoms with Gasteiger partial charge in [-0.1, -0.05) is 55.1 Å². The molecule has 30 heavy (non-hydrogen) atoms. The fourth-order valence-electron chi connectivity index (χ4n) is 3.00. The minimum Gasteiger partial charge on any atom is -0.468 e. The summed E-state index contributed by atoms with van der Waals surface area (Å²) in [6, 6.07) is 17.4. The van der Waals surface area contributed by atoms with Crippen LogP contribution in [-0.2, 0) is 25.6 Å². The highest BCUT2D eigenvalue weighted by Gasteiger charge is 2.23. The van der Waals surface area contributed by atoms with Crippen LogP contribution in [0.1, 0.15) is 30.4 Å². The summed E-state index contributed by atoms with van der Waals surface area (Å²) in [5.41, 5.74) is 3.41. The van der Waals surface area contributed by atoms with Crippen molar-refractivity contribution in [3.8, 4) is 0 Å². The van der Waals surface area contributed by atoms with Crippen molar-refractivity contribution >= 4 is 23.3 Å². The van der Waals surface area contributed by atoms with Crippen LogP contribution in [0.4, 0.5) is 10.5 Å². The fraction of sp³-hybridized carbons (Fsp3) is 0.333. The maximum Gasteiger partial charge on any atom is 0.414 e. The maximum atomic E-state index is 12.2. The Bertz CT molecular complexity index is 834. The molecule has 160 valence electrons. The summed E-state index contributed by atoms with van der Waals surface area (Å²) in [6.45, 7) is 5.22. The standard InChI is InChI=1S/C24H29NO5/c1-19(11-9-10-16-30-18-20-12-5-4-6-13-20)21-14-7-8-15-22(21)25(24(27)29-3)17-23(26)28-2/h4-8,12-15H,1,9-11,16-18H2,2-3H3. The Morgan fingerprint density at radius 2 is 1.63 bits per heavy atom. The van der Waals surface area contributed by atoms with Crippen LogP contribution in [0.3, 0.4) is 0 Å². The third-order valence-corrected chi connectivity index (χ3v) is 4.61. The number of rotatable bonds is 11. The number of unbranched alkanes of at least 4 members (excludes halogenated alkanes) is 1. The Morgan fingerprint density at radius 1 is 0.933 bits per heavy atom. The third kappa shape index (κ3) is 7.04. The van der Waals surface area contributed by atoms with Gasteiger partial charge < -0.3 is 14.2 Å². The molecule has 2 rings (SSSR count). The van der Waals surface area contributed by atoms with Crippen LogP contribution in [0.5, 0.6) is 0 Å². The van der Waals surface area contributed by atoms with Gasteiger partial charge in [0.15, 0.2) is 0 Å². The zero-order valence-corrected chi connectivity index (χ0v) is 17.6. The average Bonchev–Trinajstić information content (AvgIpc) is 2.79. The molecule has 1 amide bonds. The largest absolute Gasteiger partial charge is 0.468 e. The number of carbonyl (C=O) groups is 2. The van der Waals surface area contributed by atoms with Crippen molar-refractivity contribution in [2.45, 2.75) is 25.9 Å². The van der Waals surface area contributed by atoms with E-state index in [0.717, 1.165) is 36.0 Å². The van der Waals surface area contributed by atoms with Gasteiger partial charge in [0.25, 0.3) is 0 Å². The van der Waals surface area contributed by atoms with Crippen LogP contribution in [0.25, 0.3) is 5.57 Å². The maximum absolute atomic E-state index is 12.2. The number of benzene rings is 2. The lowest BCUT2D eigenvalue weighted by Crippen LogP contribution is -2.36. The summed E-state index contributed by atoms with van der Waals surface area (Å²) in [4.78, 5) is 25.3. The normalized spacial score (nSPS) is 10.3. The SMILES string of the molecule is C=C(CCCCOCc1ccccc1)c1ccccc1N(CC(=O)OC)C(=O)OC. The second-order valence-electron chi connectivity index (χ2n) is 6.75. The number of nitrogens with zero attached hydrogens (tertiary/aromatic N) is 1. The van der Waals surface area contributed by atoms with Crippen LogP contribution in [0, 0.1) is 0 Å². The number of allylic oxidation sites excluding steroid dienone is 1. The fourth-order valence-corrected chi connectivity index (χ4v) is 3.00. The van der Waals surface area contributed by atoms with E-state index in [9.17, 15) is 9.59 Å². The Kier molecular flexibility index (Phi) is 9.61. The first-order valence-corrected chi connectivity index (χ1v) is 9.88. The Labute approximate surface area is 178 Å². The van der Waals surface area contributed by atoms with Crippen LogP contribution >= 0.6 is 0 Å². The van der Waals surface area contributed by atoms with E-state index in [1.165, 1.54) is 19.1 Å². The summed E-state index contributed by atoms with van der Waals surface area (Å²) in [5.74, 6) is -0.531. The first-order chi connectivity index (χ1) is 14.6. The number of anilines is 1. The summed E-state index contributed by atoms with van der Waals surface area (Å²) >= 11 is 0. The second kappa shape index (κ2) is 12.4. The molecular formula is C24H29NO5. The highest BCUT2D eigenvalue weighted by molar-refractivity contribution is 5.96. The first kappa shape index (κ1) is 23.2. The number of hydrogen-bond acceptors (Lipinski definition) is 5. The summed E-state index contributed by atoms with van der Waals surface area (Å²) in [5, 5.41) is 0. The van der Waals surface area contributed by atoms with Gasteiger partial charge in [-0.3, -0.25) is 9.69 Å². The van der Waals surface area contributed by atoms with Crippen molar-refractivity contribution in [2.75, 3.05) is 32.3 Å². The summed E-state index contributed by atoms with van der Waals surface area (Å²) < 4.78 is 15.3. The molecule has 0 N–H and O–H groups in total. The van der Waals surface area contributed by atoms with Crippen molar-refractivity contribution in [1.82, 2.24) is 0 Å². The van der Waals surface area contributed by atoms with E-state index >= 15 is 0 Å². The molecule has 0 fully saturated rings. The van der Waals surface area contributed by atoms with E-state index in [1.54, 1.807) is 12.1 Å². The molecule has 2 aromatic rings. The molecule has 0 saturated carbocycles. The lowest BCUT2D eigenvalue weighted by molar-refractivity contribution is -0.138. The molecule has 0 unspecified atom stereocenters. The molecule has 0 aliphatic heterocycles.